The molecule has 0 saturated carbocycles. The van der Waals surface area contributed by atoms with E-state index in [1.807, 2.05) is 24.4 Å². The Hall–Kier alpha value is -1.99. The molecule has 0 radical (unpaired) electrons. The van der Waals surface area contributed by atoms with Crippen LogP contribution in [-0.2, 0) is 0 Å². The number of hydrogen-bond acceptors (Lipinski definition) is 3. The normalized spacial score (nSPS) is 12.3. The van der Waals surface area contributed by atoms with Gasteiger partial charge >= 0.3 is 0 Å². The Bertz CT molecular complexity index is 568. The average Bonchev–Trinajstić information content (AvgIpc) is 2.83. The Morgan fingerprint density at radius 3 is 3.00 bits per heavy atom. The van der Waals surface area contributed by atoms with Crippen molar-refractivity contribution in [3.8, 4) is 11.8 Å². The van der Waals surface area contributed by atoms with Crippen LogP contribution in [0.4, 0.5) is 0 Å². The van der Waals surface area contributed by atoms with Gasteiger partial charge in [-0.05, 0) is 31.2 Å². The van der Waals surface area contributed by atoms with Crippen molar-refractivity contribution >= 4 is 10.9 Å². The Kier molecular flexibility index (Phi) is 3.85. The lowest BCUT2D eigenvalue weighted by molar-refractivity contribution is 0.415. The Morgan fingerprint density at radius 2 is 2.33 bits per heavy atom. The van der Waals surface area contributed by atoms with Gasteiger partial charge in [-0.1, -0.05) is 6.92 Å². The van der Waals surface area contributed by atoms with Gasteiger partial charge in [-0.2, -0.15) is 5.26 Å². The molecular formula is C14H17N3O. The third-order valence-corrected chi connectivity index (χ3v) is 2.96. The van der Waals surface area contributed by atoms with Crippen LogP contribution in [0.25, 0.3) is 10.9 Å². The summed E-state index contributed by atoms with van der Waals surface area (Å²) in [6.45, 7) is 2.91. The fraction of sp³-hybridized carbons (Fsp3) is 0.357. The van der Waals surface area contributed by atoms with Crippen molar-refractivity contribution in [2.24, 2.45) is 0 Å². The van der Waals surface area contributed by atoms with Crippen LogP contribution in [0.1, 0.15) is 24.9 Å². The third-order valence-electron chi connectivity index (χ3n) is 2.96. The maximum absolute atomic E-state index is 9.25. The van der Waals surface area contributed by atoms with E-state index in [1.165, 1.54) is 0 Å². The number of nitrogens with one attached hydrogen (secondary N) is 2. The molecule has 0 aliphatic rings. The highest BCUT2D eigenvalue weighted by Crippen LogP contribution is 2.27. The fourth-order valence-corrected chi connectivity index (χ4v) is 2.00. The van der Waals surface area contributed by atoms with Gasteiger partial charge in [-0.25, -0.2) is 0 Å². The van der Waals surface area contributed by atoms with Gasteiger partial charge in [0.1, 0.15) is 11.8 Å². The standard InChI is InChI=1S/C14H17N3O/c1-3-6-16-14(8-15)12-9-17-13-5-4-10(18-2)7-11(12)13/h4-5,7,9,14,16-17H,3,6H2,1-2H3. The predicted molar refractivity (Wildman–Crippen MR) is 71.5 cm³/mol. The zero-order valence-corrected chi connectivity index (χ0v) is 10.7. The van der Waals surface area contributed by atoms with Crippen molar-refractivity contribution in [2.45, 2.75) is 19.4 Å². The van der Waals surface area contributed by atoms with Crippen LogP contribution in [-0.4, -0.2) is 18.6 Å². The van der Waals surface area contributed by atoms with Crippen LogP contribution >= 0.6 is 0 Å². The van der Waals surface area contributed by atoms with E-state index >= 15 is 0 Å². The first-order chi connectivity index (χ1) is 8.80. The SMILES string of the molecule is CCCNC(C#N)c1c[nH]c2ccc(OC)cc12. The van der Waals surface area contributed by atoms with Gasteiger partial charge in [0.05, 0.1) is 13.2 Å². The number of benzene rings is 1. The summed E-state index contributed by atoms with van der Waals surface area (Å²) in [7, 11) is 1.64. The minimum Gasteiger partial charge on any atom is -0.497 e. The molecular weight excluding hydrogens is 226 g/mol. The van der Waals surface area contributed by atoms with Crippen LogP contribution in [0.2, 0.25) is 0 Å². The Morgan fingerprint density at radius 1 is 1.50 bits per heavy atom. The van der Waals surface area contributed by atoms with Gasteiger partial charge in [0.2, 0.25) is 0 Å². The molecule has 94 valence electrons. The molecule has 1 heterocycles. The number of rotatable bonds is 5. The van der Waals surface area contributed by atoms with Gasteiger partial charge in [0, 0.05) is 22.7 Å². The molecule has 0 bridgehead atoms. The fourth-order valence-electron chi connectivity index (χ4n) is 2.00. The van der Waals surface area contributed by atoms with E-state index in [0.717, 1.165) is 35.2 Å². The number of H-pyrrole nitrogens is 1. The van der Waals surface area contributed by atoms with E-state index < -0.39 is 0 Å². The van der Waals surface area contributed by atoms with E-state index in [-0.39, 0.29) is 6.04 Å². The molecule has 18 heavy (non-hydrogen) atoms. The second kappa shape index (κ2) is 5.56. The Balaban J connectivity index is 2.40. The summed E-state index contributed by atoms with van der Waals surface area (Å²) < 4.78 is 5.22. The van der Waals surface area contributed by atoms with Crippen LogP contribution in [0, 0.1) is 11.3 Å². The quantitative estimate of drug-likeness (QED) is 0.848. The third kappa shape index (κ3) is 2.31. The lowest BCUT2D eigenvalue weighted by Crippen LogP contribution is -2.20. The van der Waals surface area contributed by atoms with Crippen molar-refractivity contribution in [1.82, 2.24) is 10.3 Å². The second-order valence-corrected chi connectivity index (χ2v) is 4.17. The first kappa shape index (κ1) is 12.5. The van der Waals surface area contributed by atoms with Crippen LogP contribution < -0.4 is 10.1 Å². The summed E-state index contributed by atoms with van der Waals surface area (Å²) >= 11 is 0. The summed E-state index contributed by atoms with van der Waals surface area (Å²) in [4.78, 5) is 3.18. The number of nitrogens with zero attached hydrogens (tertiary/aromatic N) is 1. The van der Waals surface area contributed by atoms with Gasteiger partial charge in [0.15, 0.2) is 0 Å². The topological polar surface area (TPSA) is 60.8 Å². The number of aromatic amines is 1. The zero-order valence-electron chi connectivity index (χ0n) is 10.7. The molecule has 1 aromatic heterocycles. The molecule has 2 aromatic rings. The lowest BCUT2D eigenvalue weighted by Gasteiger charge is -2.10. The molecule has 4 heteroatoms. The number of methoxy groups -OCH3 is 1. The van der Waals surface area contributed by atoms with Crippen LogP contribution in [0.15, 0.2) is 24.4 Å². The molecule has 1 unspecified atom stereocenters. The maximum Gasteiger partial charge on any atom is 0.123 e. The van der Waals surface area contributed by atoms with Gasteiger partial charge in [0.25, 0.3) is 0 Å². The highest BCUT2D eigenvalue weighted by atomic mass is 16.5. The van der Waals surface area contributed by atoms with E-state index in [2.05, 4.69) is 23.3 Å². The summed E-state index contributed by atoms with van der Waals surface area (Å²) in [5, 5.41) is 13.5. The van der Waals surface area contributed by atoms with Crippen molar-refractivity contribution < 1.29 is 4.74 Å². The number of ether oxygens (including phenoxy) is 1. The van der Waals surface area contributed by atoms with Gasteiger partial charge in [-0.3, -0.25) is 5.32 Å². The molecule has 4 nitrogen and oxygen atoms in total. The molecule has 0 aliphatic carbocycles. The minimum atomic E-state index is -0.286. The molecule has 0 spiro atoms. The molecule has 0 fully saturated rings. The second-order valence-electron chi connectivity index (χ2n) is 4.17. The van der Waals surface area contributed by atoms with Crippen LogP contribution in [0.5, 0.6) is 5.75 Å². The molecule has 2 N–H and O–H groups in total. The predicted octanol–water partition coefficient (Wildman–Crippen LogP) is 2.74. The summed E-state index contributed by atoms with van der Waals surface area (Å²) in [6, 6.07) is 7.84. The van der Waals surface area contributed by atoms with Gasteiger partial charge in [-0.15, -0.1) is 0 Å². The average molecular weight is 243 g/mol. The highest BCUT2D eigenvalue weighted by molar-refractivity contribution is 5.85. The lowest BCUT2D eigenvalue weighted by atomic mass is 10.1. The summed E-state index contributed by atoms with van der Waals surface area (Å²) in [5.74, 6) is 0.801. The molecule has 1 aromatic carbocycles. The van der Waals surface area contributed by atoms with E-state index in [1.54, 1.807) is 7.11 Å². The Labute approximate surface area is 107 Å². The zero-order chi connectivity index (χ0) is 13.0. The smallest absolute Gasteiger partial charge is 0.123 e. The summed E-state index contributed by atoms with van der Waals surface area (Å²) in [6.07, 6.45) is 2.89. The molecule has 0 amide bonds. The largest absolute Gasteiger partial charge is 0.497 e. The van der Waals surface area contributed by atoms with Crippen LogP contribution in [0.3, 0.4) is 0 Å². The molecule has 1 atom stereocenters. The number of nitriles is 1. The maximum atomic E-state index is 9.25. The van der Waals surface area contributed by atoms with E-state index in [9.17, 15) is 5.26 Å². The summed E-state index contributed by atoms with van der Waals surface area (Å²) in [5.41, 5.74) is 1.99. The van der Waals surface area contributed by atoms with Crippen molar-refractivity contribution in [1.29, 1.82) is 5.26 Å². The number of aromatic nitrogens is 1. The molecule has 0 aliphatic heterocycles. The minimum absolute atomic E-state index is 0.286. The number of hydrogen-bond donors (Lipinski definition) is 2. The van der Waals surface area contributed by atoms with E-state index in [4.69, 9.17) is 4.74 Å². The van der Waals surface area contributed by atoms with Gasteiger partial charge < -0.3 is 9.72 Å². The van der Waals surface area contributed by atoms with Crippen molar-refractivity contribution in [3.63, 3.8) is 0 Å². The first-order valence-corrected chi connectivity index (χ1v) is 6.08. The molecule has 2 rings (SSSR count). The van der Waals surface area contributed by atoms with Crippen molar-refractivity contribution in [3.05, 3.63) is 30.0 Å². The monoisotopic (exact) mass is 243 g/mol. The number of fused-ring (bicyclic) bond motifs is 1. The highest BCUT2D eigenvalue weighted by Gasteiger charge is 2.14. The first-order valence-electron chi connectivity index (χ1n) is 6.08. The van der Waals surface area contributed by atoms with E-state index in [0.29, 0.717) is 0 Å². The molecule has 0 saturated heterocycles. The van der Waals surface area contributed by atoms with Crippen molar-refractivity contribution in [2.75, 3.05) is 13.7 Å².